The minimum atomic E-state index is -4.10. The van der Waals surface area contributed by atoms with Gasteiger partial charge in [-0.3, -0.25) is 0 Å². The van der Waals surface area contributed by atoms with Crippen LogP contribution < -0.4 is 29.6 Å². The molecule has 1 atom stereocenters. The Bertz CT molecular complexity index is 368. The fourth-order valence-corrected chi connectivity index (χ4v) is 1.93. The summed E-state index contributed by atoms with van der Waals surface area (Å²) in [7, 11) is -4.10. The topological polar surface area (TPSA) is 92.7 Å². The Morgan fingerprint density at radius 1 is 1.30 bits per heavy atom. The quantitative estimate of drug-likeness (QED) is 0.147. The summed E-state index contributed by atoms with van der Waals surface area (Å²) < 4.78 is 41.3. The van der Waals surface area contributed by atoms with Gasteiger partial charge in [0.25, 0.3) is 0 Å². The molecule has 0 N–H and O–H groups in total. The van der Waals surface area contributed by atoms with E-state index in [-0.39, 0.29) is 48.0 Å². The van der Waals surface area contributed by atoms with Gasteiger partial charge < -0.3 is 14.0 Å². The number of carbonyl (C=O) groups excluding carboxylic acids is 1. The predicted molar refractivity (Wildman–Crippen MR) is 69.6 cm³/mol. The summed E-state index contributed by atoms with van der Waals surface area (Å²) >= 11 is 0. The first-order valence-electron chi connectivity index (χ1n) is 6.19. The monoisotopic (exact) mass is 316 g/mol. The van der Waals surface area contributed by atoms with Crippen molar-refractivity contribution in [3.05, 3.63) is 12.7 Å². The van der Waals surface area contributed by atoms with Gasteiger partial charge in [-0.1, -0.05) is 6.58 Å². The van der Waals surface area contributed by atoms with E-state index in [1.54, 1.807) is 0 Å². The van der Waals surface area contributed by atoms with Crippen molar-refractivity contribution >= 4 is 16.1 Å². The van der Waals surface area contributed by atoms with E-state index in [0.717, 1.165) is 6.08 Å². The third-order valence-electron chi connectivity index (χ3n) is 2.36. The predicted octanol–water partition coefficient (Wildman–Crippen LogP) is -1.77. The third kappa shape index (κ3) is 16.1. The van der Waals surface area contributed by atoms with Crippen molar-refractivity contribution in [3.63, 3.8) is 0 Å². The second-order valence-electron chi connectivity index (χ2n) is 4.16. The van der Waals surface area contributed by atoms with E-state index in [1.165, 1.54) is 0 Å². The smallest absolute Gasteiger partial charge is 0.748 e. The normalized spacial score (nSPS) is 12.3. The van der Waals surface area contributed by atoms with Gasteiger partial charge in [0.1, 0.15) is 0 Å². The van der Waals surface area contributed by atoms with Gasteiger partial charge in [0.05, 0.1) is 29.4 Å². The molecule has 0 aliphatic carbocycles. The Kier molecular flexibility index (Phi) is 14.3. The minimum Gasteiger partial charge on any atom is -0.748 e. The molecule has 0 spiro atoms. The molecule has 0 aliphatic heterocycles. The Balaban J connectivity index is 0. The van der Waals surface area contributed by atoms with Gasteiger partial charge in [-0.05, 0) is 26.2 Å². The van der Waals surface area contributed by atoms with E-state index in [2.05, 4.69) is 6.58 Å². The summed E-state index contributed by atoms with van der Waals surface area (Å²) in [6.07, 6.45) is 3.38. The van der Waals surface area contributed by atoms with Crippen molar-refractivity contribution in [2.24, 2.45) is 0 Å². The fourth-order valence-electron chi connectivity index (χ4n) is 1.37. The van der Waals surface area contributed by atoms with E-state index in [1.807, 2.05) is 6.92 Å². The Morgan fingerprint density at radius 3 is 2.50 bits per heavy atom. The van der Waals surface area contributed by atoms with Crippen LogP contribution in [0, 0.1) is 0 Å². The fraction of sp³-hybridized carbons (Fsp3) is 0.750. The zero-order chi connectivity index (χ0) is 14.7. The van der Waals surface area contributed by atoms with Gasteiger partial charge in [-0.2, -0.15) is 0 Å². The molecule has 20 heavy (non-hydrogen) atoms. The van der Waals surface area contributed by atoms with Crippen LogP contribution >= 0.6 is 0 Å². The molecule has 0 heterocycles. The molecular weight excluding hydrogens is 295 g/mol. The van der Waals surface area contributed by atoms with Crippen molar-refractivity contribution in [1.29, 1.82) is 0 Å². The number of esters is 1. The van der Waals surface area contributed by atoms with Crippen molar-refractivity contribution in [1.82, 2.24) is 0 Å². The first kappa shape index (κ1) is 22.4. The van der Waals surface area contributed by atoms with Crippen LogP contribution in [0.4, 0.5) is 0 Å². The van der Waals surface area contributed by atoms with Gasteiger partial charge >= 0.3 is 35.5 Å². The molecule has 0 aliphatic rings. The maximum atomic E-state index is 10.7. The number of ether oxygens (including phenoxy) is 2. The summed E-state index contributed by atoms with van der Waals surface area (Å²) in [5, 5.41) is 0. The van der Waals surface area contributed by atoms with Crippen molar-refractivity contribution in [2.75, 3.05) is 19.0 Å². The van der Waals surface area contributed by atoms with Crippen LogP contribution in [0.3, 0.4) is 0 Å². The number of unbranched alkanes of at least 4 members (excludes halogenated alkanes) is 1. The molecule has 0 aromatic rings. The molecule has 0 bridgehead atoms. The SMILES string of the molecule is C=CC(=O)OCCCOC(C)CCCCS(=O)(=O)[O-].[Na+]. The Morgan fingerprint density at radius 2 is 1.95 bits per heavy atom. The summed E-state index contributed by atoms with van der Waals surface area (Å²) in [4.78, 5) is 10.7. The van der Waals surface area contributed by atoms with E-state index < -0.39 is 16.1 Å². The molecule has 0 aromatic carbocycles. The van der Waals surface area contributed by atoms with Crippen LogP contribution in [-0.4, -0.2) is 44.0 Å². The summed E-state index contributed by atoms with van der Waals surface area (Å²) in [6.45, 7) is 5.90. The van der Waals surface area contributed by atoms with Crippen molar-refractivity contribution < 1.29 is 56.8 Å². The van der Waals surface area contributed by atoms with Crippen LogP contribution in [0.5, 0.6) is 0 Å². The molecule has 0 saturated heterocycles. The molecule has 1 unspecified atom stereocenters. The van der Waals surface area contributed by atoms with Gasteiger partial charge in [0.15, 0.2) is 0 Å². The summed E-state index contributed by atoms with van der Waals surface area (Å²) in [5.41, 5.74) is 0. The largest absolute Gasteiger partial charge is 1.00 e. The molecule has 0 aromatic heterocycles. The summed E-state index contributed by atoms with van der Waals surface area (Å²) in [5.74, 6) is -0.774. The maximum absolute atomic E-state index is 10.7. The van der Waals surface area contributed by atoms with Crippen LogP contribution in [0.15, 0.2) is 12.7 Å². The van der Waals surface area contributed by atoms with E-state index >= 15 is 0 Å². The zero-order valence-corrected chi connectivity index (χ0v) is 15.0. The van der Waals surface area contributed by atoms with Crippen LogP contribution in [0.25, 0.3) is 0 Å². The zero-order valence-electron chi connectivity index (χ0n) is 12.2. The van der Waals surface area contributed by atoms with Gasteiger partial charge in [-0.25, -0.2) is 13.2 Å². The average Bonchev–Trinajstić information content (AvgIpc) is 2.32. The molecule has 8 heteroatoms. The second-order valence-corrected chi connectivity index (χ2v) is 5.69. The number of carbonyl (C=O) groups is 1. The van der Waals surface area contributed by atoms with E-state index in [0.29, 0.717) is 32.3 Å². The van der Waals surface area contributed by atoms with E-state index in [9.17, 15) is 17.8 Å². The Labute approximate surface area is 142 Å². The first-order valence-corrected chi connectivity index (χ1v) is 7.77. The average molecular weight is 316 g/mol. The maximum Gasteiger partial charge on any atom is 1.00 e. The minimum absolute atomic E-state index is 0. The molecule has 0 saturated carbocycles. The Hall–Kier alpha value is 0.0800. The van der Waals surface area contributed by atoms with Gasteiger partial charge in [-0.15, -0.1) is 0 Å². The first-order chi connectivity index (χ1) is 8.85. The molecule has 112 valence electrons. The van der Waals surface area contributed by atoms with E-state index in [4.69, 9.17) is 9.47 Å². The van der Waals surface area contributed by atoms with Crippen molar-refractivity contribution in [3.8, 4) is 0 Å². The number of hydrogen-bond donors (Lipinski definition) is 0. The number of rotatable bonds is 11. The number of hydrogen-bond acceptors (Lipinski definition) is 6. The summed E-state index contributed by atoms with van der Waals surface area (Å²) in [6, 6.07) is 0. The van der Waals surface area contributed by atoms with Crippen LogP contribution in [0.2, 0.25) is 0 Å². The molecule has 6 nitrogen and oxygen atoms in total. The molecule has 0 amide bonds. The third-order valence-corrected chi connectivity index (χ3v) is 3.15. The van der Waals surface area contributed by atoms with Crippen LogP contribution in [0.1, 0.15) is 32.6 Å². The molecule has 0 radical (unpaired) electrons. The second kappa shape index (κ2) is 12.8. The molecule has 0 rings (SSSR count). The van der Waals surface area contributed by atoms with Gasteiger partial charge in [0.2, 0.25) is 0 Å². The van der Waals surface area contributed by atoms with Crippen LogP contribution in [-0.2, 0) is 24.4 Å². The standard InChI is InChI=1S/C12H22O6S.Na/c1-3-12(13)18-9-6-8-17-11(2)7-4-5-10-19(14,15)16;/h3,11H,1,4-10H2,2H3,(H,14,15,16);/q;+1/p-1. The van der Waals surface area contributed by atoms with Gasteiger partial charge in [0, 0.05) is 18.2 Å². The molecular formula is C12H21NaO6S. The van der Waals surface area contributed by atoms with Crippen molar-refractivity contribution in [2.45, 2.75) is 38.7 Å². The molecule has 0 fully saturated rings.